The van der Waals surface area contributed by atoms with Crippen molar-refractivity contribution in [2.24, 2.45) is 13.0 Å². The molecule has 0 aromatic carbocycles. The Morgan fingerprint density at radius 2 is 2.00 bits per heavy atom. The van der Waals surface area contributed by atoms with Gasteiger partial charge in [0.2, 0.25) is 5.91 Å². The van der Waals surface area contributed by atoms with Gasteiger partial charge in [0.15, 0.2) is 5.65 Å². The van der Waals surface area contributed by atoms with Gasteiger partial charge in [0, 0.05) is 32.3 Å². The quantitative estimate of drug-likeness (QED) is 0.848. The van der Waals surface area contributed by atoms with Crippen LogP contribution in [0.2, 0.25) is 0 Å². The topological polar surface area (TPSA) is 60.1 Å². The van der Waals surface area contributed by atoms with Gasteiger partial charge in [-0.15, -0.1) is 0 Å². The molecule has 0 spiro atoms. The second kappa shape index (κ2) is 6.07. The molecule has 3 heterocycles. The third kappa shape index (κ3) is 2.44. The predicted molar refractivity (Wildman–Crippen MR) is 91.8 cm³/mol. The standard InChI is InChI=1S/C18H24N4O2/c1-20-15-9-4-10-19-16(15)22(18(20)24)14-8-5-11-21(12-14)17(23)13-6-2-3-7-13/h4,9-10,13-14H,2-3,5-8,11-12H2,1H3. The highest BCUT2D eigenvalue weighted by atomic mass is 16.2. The molecule has 128 valence electrons. The molecule has 2 aliphatic rings. The zero-order chi connectivity index (χ0) is 16.7. The van der Waals surface area contributed by atoms with Crippen molar-refractivity contribution in [2.45, 2.75) is 44.6 Å². The number of amides is 1. The number of carbonyl (C=O) groups is 1. The molecular weight excluding hydrogens is 304 g/mol. The van der Waals surface area contributed by atoms with Gasteiger partial charge in [0.25, 0.3) is 0 Å². The Morgan fingerprint density at radius 3 is 2.79 bits per heavy atom. The van der Waals surface area contributed by atoms with E-state index in [1.807, 2.05) is 17.0 Å². The van der Waals surface area contributed by atoms with Crippen LogP contribution < -0.4 is 5.69 Å². The van der Waals surface area contributed by atoms with E-state index in [9.17, 15) is 9.59 Å². The van der Waals surface area contributed by atoms with Crippen molar-refractivity contribution < 1.29 is 4.79 Å². The normalized spacial score (nSPS) is 22.4. The van der Waals surface area contributed by atoms with Crippen LogP contribution in [0.5, 0.6) is 0 Å². The molecule has 24 heavy (non-hydrogen) atoms. The molecule has 1 amide bonds. The van der Waals surface area contributed by atoms with Crippen molar-refractivity contribution >= 4 is 17.1 Å². The summed E-state index contributed by atoms with van der Waals surface area (Å²) in [5, 5.41) is 0. The lowest BCUT2D eigenvalue weighted by Crippen LogP contribution is -2.44. The number of pyridine rings is 1. The molecule has 6 nitrogen and oxygen atoms in total. The Labute approximate surface area is 141 Å². The first-order valence-electron chi connectivity index (χ1n) is 8.97. The van der Waals surface area contributed by atoms with Crippen molar-refractivity contribution in [2.75, 3.05) is 13.1 Å². The van der Waals surface area contributed by atoms with Crippen molar-refractivity contribution in [3.8, 4) is 0 Å². The number of aryl methyl sites for hydroxylation is 1. The number of piperidine rings is 1. The van der Waals surface area contributed by atoms with Gasteiger partial charge >= 0.3 is 5.69 Å². The molecule has 1 unspecified atom stereocenters. The Kier molecular flexibility index (Phi) is 3.90. The smallest absolute Gasteiger partial charge is 0.330 e. The van der Waals surface area contributed by atoms with Gasteiger partial charge in [-0.2, -0.15) is 0 Å². The van der Waals surface area contributed by atoms with E-state index in [0.717, 1.165) is 43.4 Å². The molecule has 4 rings (SSSR count). The predicted octanol–water partition coefficient (Wildman–Crippen LogP) is 2.09. The van der Waals surface area contributed by atoms with Crippen molar-refractivity contribution in [1.29, 1.82) is 0 Å². The fourth-order valence-electron chi connectivity index (χ4n) is 4.32. The Morgan fingerprint density at radius 1 is 1.21 bits per heavy atom. The molecule has 2 fully saturated rings. The van der Waals surface area contributed by atoms with Gasteiger partial charge in [-0.05, 0) is 37.8 Å². The maximum Gasteiger partial charge on any atom is 0.330 e. The molecule has 1 atom stereocenters. The lowest BCUT2D eigenvalue weighted by molar-refractivity contribution is -0.137. The first kappa shape index (κ1) is 15.4. The number of likely N-dealkylation sites (tertiary alicyclic amines) is 1. The van der Waals surface area contributed by atoms with Gasteiger partial charge in [-0.25, -0.2) is 9.78 Å². The highest BCUT2D eigenvalue weighted by molar-refractivity contribution is 5.79. The summed E-state index contributed by atoms with van der Waals surface area (Å²) in [5.41, 5.74) is 1.54. The lowest BCUT2D eigenvalue weighted by Gasteiger charge is -2.34. The highest BCUT2D eigenvalue weighted by Gasteiger charge is 2.32. The maximum absolute atomic E-state index is 12.7. The number of aromatic nitrogens is 3. The van der Waals surface area contributed by atoms with E-state index in [0.29, 0.717) is 12.5 Å². The number of carbonyl (C=O) groups excluding carboxylic acids is 1. The van der Waals surface area contributed by atoms with Crippen molar-refractivity contribution in [3.05, 3.63) is 28.8 Å². The number of fused-ring (bicyclic) bond motifs is 1. The maximum atomic E-state index is 12.7. The number of rotatable bonds is 2. The molecular formula is C18H24N4O2. The van der Waals surface area contributed by atoms with Crippen LogP contribution in [0, 0.1) is 5.92 Å². The van der Waals surface area contributed by atoms with Crippen LogP contribution in [0.25, 0.3) is 11.2 Å². The second-order valence-corrected chi connectivity index (χ2v) is 7.12. The van der Waals surface area contributed by atoms with E-state index < -0.39 is 0 Å². The van der Waals surface area contributed by atoms with Crippen LogP contribution in [-0.4, -0.2) is 38.0 Å². The number of hydrogen-bond donors (Lipinski definition) is 0. The third-order valence-corrected chi connectivity index (χ3v) is 5.63. The molecule has 2 aromatic rings. The van der Waals surface area contributed by atoms with Crippen LogP contribution in [0.4, 0.5) is 0 Å². The lowest BCUT2D eigenvalue weighted by atomic mass is 10.0. The summed E-state index contributed by atoms with van der Waals surface area (Å²) >= 11 is 0. The van der Waals surface area contributed by atoms with E-state index in [1.165, 1.54) is 12.8 Å². The average Bonchev–Trinajstić information content (AvgIpc) is 3.23. The van der Waals surface area contributed by atoms with Crippen LogP contribution in [0.15, 0.2) is 23.1 Å². The van der Waals surface area contributed by atoms with E-state index >= 15 is 0 Å². The van der Waals surface area contributed by atoms with Crippen molar-refractivity contribution in [3.63, 3.8) is 0 Å². The summed E-state index contributed by atoms with van der Waals surface area (Å²) in [6.07, 6.45) is 7.97. The largest absolute Gasteiger partial charge is 0.340 e. The minimum atomic E-state index is -0.0381. The Hall–Kier alpha value is -2.11. The van der Waals surface area contributed by atoms with Gasteiger partial charge in [-0.3, -0.25) is 13.9 Å². The zero-order valence-electron chi connectivity index (χ0n) is 14.1. The summed E-state index contributed by atoms with van der Waals surface area (Å²) in [6, 6.07) is 3.79. The minimum Gasteiger partial charge on any atom is -0.340 e. The molecule has 2 aromatic heterocycles. The summed E-state index contributed by atoms with van der Waals surface area (Å²) < 4.78 is 3.45. The van der Waals surface area contributed by atoms with Crippen LogP contribution in [-0.2, 0) is 11.8 Å². The SMILES string of the molecule is Cn1c(=O)n(C2CCCN(C(=O)C3CCCC3)C2)c2ncccc21. The summed E-state index contributed by atoms with van der Waals surface area (Å²) in [7, 11) is 1.78. The average molecular weight is 328 g/mol. The third-order valence-electron chi connectivity index (χ3n) is 5.63. The van der Waals surface area contributed by atoms with Crippen LogP contribution in [0.1, 0.15) is 44.6 Å². The van der Waals surface area contributed by atoms with E-state index in [-0.39, 0.29) is 17.6 Å². The molecule has 0 N–H and O–H groups in total. The highest BCUT2D eigenvalue weighted by Crippen LogP contribution is 2.30. The molecule has 1 saturated carbocycles. The van der Waals surface area contributed by atoms with Crippen molar-refractivity contribution in [1.82, 2.24) is 19.0 Å². The summed E-state index contributed by atoms with van der Waals surface area (Å²) in [4.78, 5) is 31.9. The van der Waals surface area contributed by atoms with Gasteiger partial charge < -0.3 is 4.90 Å². The second-order valence-electron chi connectivity index (χ2n) is 7.12. The summed E-state index contributed by atoms with van der Waals surface area (Å²) in [5.74, 6) is 0.490. The Balaban J connectivity index is 1.64. The number of imidazole rings is 1. The molecule has 6 heteroatoms. The van der Waals surface area contributed by atoms with Crippen LogP contribution in [0.3, 0.4) is 0 Å². The monoisotopic (exact) mass is 328 g/mol. The zero-order valence-corrected chi connectivity index (χ0v) is 14.1. The van der Waals surface area contributed by atoms with E-state index in [4.69, 9.17) is 0 Å². The Bertz CT molecular complexity index is 816. The van der Waals surface area contributed by atoms with E-state index in [1.54, 1.807) is 22.4 Å². The van der Waals surface area contributed by atoms with Gasteiger partial charge in [0.05, 0.1) is 11.6 Å². The first-order valence-corrected chi connectivity index (χ1v) is 8.97. The minimum absolute atomic E-state index is 0.0233. The molecule has 1 saturated heterocycles. The van der Waals surface area contributed by atoms with Crippen LogP contribution >= 0.6 is 0 Å². The van der Waals surface area contributed by atoms with Gasteiger partial charge in [0.1, 0.15) is 0 Å². The fraction of sp³-hybridized carbons (Fsp3) is 0.611. The first-order chi connectivity index (χ1) is 11.7. The molecule has 1 aliphatic heterocycles. The van der Waals surface area contributed by atoms with E-state index in [2.05, 4.69) is 4.98 Å². The van der Waals surface area contributed by atoms with Gasteiger partial charge in [-0.1, -0.05) is 12.8 Å². The molecule has 0 bridgehead atoms. The number of hydrogen-bond acceptors (Lipinski definition) is 3. The number of nitrogens with zero attached hydrogens (tertiary/aromatic N) is 4. The fourth-order valence-corrected chi connectivity index (χ4v) is 4.32. The molecule has 1 aliphatic carbocycles. The molecule has 0 radical (unpaired) electrons. The summed E-state index contributed by atoms with van der Waals surface area (Å²) in [6.45, 7) is 1.45.